The highest BCUT2D eigenvalue weighted by Gasteiger charge is 2.25. The molecule has 1 aromatic heterocycles. The molecule has 1 aliphatic carbocycles. The van der Waals surface area contributed by atoms with Gasteiger partial charge in [0.05, 0.1) is 12.5 Å². The number of aromatic nitrogens is 1. The minimum atomic E-state index is -0.106. The molecule has 3 aromatic rings. The summed E-state index contributed by atoms with van der Waals surface area (Å²) >= 11 is 0. The summed E-state index contributed by atoms with van der Waals surface area (Å²) in [7, 11) is 4.12. The van der Waals surface area contributed by atoms with Gasteiger partial charge in [0, 0.05) is 42.9 Å². The van der Waals surface area contributed by atoms with Crippen LogP contribution in [0.15, 0.2) is 54.7 Å². The van der Waals surface area contributed by atoms with Crippen molar-refractivity contribution in [1.29, 1.82) is 0 Å². The van der Waals surface area contributed by atoms with E-state index in [1.54, 1.807) is 0 Å². The van der Waals surface area contributed by atoms with Crippen LogP contribution >= 0.6 is 0 Å². The van der Waals surface area contributed by atoms with Crippen molar-refractivity contribution in [1.82, 2.24) is 10.3 Å². The summed E-state index contributed by atoms with van der Waals surface area (Å²) in [6.07, 6.45) is 8.13. The van der Waals surface area contributed by atoms with Gasteiger partial charge in [-0.05, 0) is 49.1 Å². The molecule has 0 spiro atoms. The van der Waals surface area contributed by atoms with E-state index < -0.39 is 0 Å². The number of nitrogens with zero attached hydrogens (tertiary/aromatic N) is 1. The van der Waals surface area contributed by atoms with Gasteiger partial charge in [0.1, 0.15) is 0 Å². The Bertz CT molecular complexity index is 1020. The molecule has 1 aliphatic rings. The second-order valence-corrected chi connectivity index (χ2v) is 9.43. The maximum absolute atomic E-state index is 12.8. The lowest BCUT2D eigenvalue weighted by Crippen LogP contribution is -2.92. The van der Waals surface area contributed by atoms with Crippen molar-refractivity contribution in [2.75, 3.05) is 25.5 Å². The summed E-state index contributed by atoms with van der Waals surface area (Å²) in [5.41, 5.74) is 4.90. The van der Waals surface area contributed by atoms with Gasteiger partial charge in [-0.15, -0.1) is 0 Å². The molecule has 1 saturated carbocycles. The molecular formula is C27H37N4O+. The Hall–Kier alpha value is -2.79. The van der Waals surface area contributed by atoms with Crippen LogP contribution in [0.25, 0.3) is 10.9 Å². The molecule has 0 radical (unpaired) electrons. The molecule has 4 N–H and O–H groups in total. The molecule has 1 heterocycles. The number of hydrogen-bond acceptors (Lipinski definition) is 2. The van der Waals surface area contributed by atoms with Gasteiger partial charge in [0.25, 0.3) is 5.91 Å². The Kier molecular flexibility index (Phi) is 7.15. The third-order valence-electron chi connectivity index (χ3n) is 6.90. The largest absolute Gasteiger partial charge is 0.378 e. The second-order valence-electron chi connectivity index (χ2n) is 9.43. The van der Waals surface area contributed by atoms with Crippen LogP contribution in [-0.4, -0.2) is 43.6 Å². The zero-order valence-corrected chi connectivity index (χ0v) is 19.6. The van der Waals surface area contributed by atoms with Crippen molar-refractivity contribution >= 4 is 22.5 Å². The van der Waals surface area contributed by atoms with E-state index in [1.165, 1.54) is 41.5 Å². The number of hydrogen-bond donors (Lipinski definition) is 3. The maximum Gasteiger partial charge on any atom is 0.278 e. The van der Waals surface area contributed by atoms with Crippen LogP contribution in [0.4, 0.5) is 5.69 Å². The Labute approximate surface area is 191 Å². The first-order chi connectivity index (χ1) is 15.5. The SMILES string of the molecule is C[C@H]([NH2+]C[C@@H](c1ccc(N(C)C)cc1)c1c[nH]c2ccccc12)C(=O)NC1CCCCC1. The molecule has 2 atom stereocenters. The van der Waals surface area contributed by atoms with Gasteiger partial charge in [0.15, 0.2) is 6.04 Å². The van der Waals surface area contributed by atoms with Crippen LogP contribution in [-0.2, 0) is 4.79 Å². The van der Waals surface area contributed by atoms with Crippen molar-refractivity contribution in [3.05, 3.63) is 65.9 Å². The average Bonchev–Trinajstić information content (AvgIpc) is 3.24. The number of carbonyl (C=O) groups excluding carboxylic acids is 1. The minimum Gasteiger partial charge on any atom is -0.378 e. The lowest BCUT2D eigenvalue weighted by atomic mass is 9.90. The first-order valence-corrected chi connectivity index (χ1v) is 12.0. The number of nitrogens with one attached hydrogen (secondary N) is 2. The zero-order chi connectivity index (χ0) is 22.5. The number of amides is 1. The fraction of sp³-hybridized carbons (Fsp3) is 0.444. The summed E-state index contributed by atoms with van der Waals surface area (Å²) in [5.74, 6) is 0.366. The number of H-pyrrole nitrogens is 1. The molecule has 0 aliphatic heterocycles. The van der Waals surface area contributed by atoms with E-state index in [1.807, 2.05) is 6.92 Å². The quantitative estimate of drug-likeness (QED) is 0.506. The first-order valence-electron chi connectivity index (χ1n) is 12.0. The number of para-hydroxylation sites is 1. The predicted molar refractivity (Wildman–Crippen MR) is 132 cm³/mol. The molecule has 170 valence electrons. The smallest absolute Gasteiger partial charge is 0.278 e. The van der Waals surface area contributed by atoms with Gasteiger partial charge >= 0.3 is 0 Å². The van der Waals surface area contributed by atoms with Gasteiger partial charge in [-0.3, -0.25) is 4.79 Å². The summed E-state index contributed by atoms with van der Waals surface area (Å²) in [4.78, 5) is 18.4. The molecule has 1 amide bonds. The standard InChI is InChI=1S/C27H36N4O/c1-19(27(32)30-21-9-5-4-6-10-21)28-17-24(20-13-15-22(16-14-20)31(2)3)25-18-29-26-12-8-7-11-23(25)26/h7-8,11-16,18-19,21,24,28-29H,4-6,9-10,17H2,1-3H3,(H,30,32)/p+1/t19-,24-/m0/s1. The van der Waals surface area contributed by atoms with E-state index >= 15 is 0 Å². The third kappa shape index (κ3) is 5.16. The topological polar surface area (TPSA) is 64.7 Å². The average molecular weight is 434 g/mol. The number of aromatic amines is 1. The van der Waals surface area contributed by atoms with Crippen molar-refractivity contribution < 1.29 is 10.1 Å². The molecule has 1 fully saturated rings. The van der Waals surface area contributed by atoms with Crippen LogP contribution in [0.5, 0.6) is 0 Å². The molecular weight excluding hydrogens is 396 g/mol. The van der Waals surface area contributed by atoms with Crippen molar-refractivity contribution in [2.45, 2.75) is 57.0 Å². The van der Waals surface area contributed by atoms with Gasteiger partial charge in [-0.2, -0.15) is 0 Å². The first kappa shape index (κ1) is 22.4. The molecule has 32 heavy (non-hydrogen) atoms. The monoisotopic (exact) mass is 433 g/mol. The van der Waals surface area contributed by atoms with E-state index in [9.17, 15) is 4.79 Å². The van der Waals surface area contributed by atoms with Gasteiger partial charge in [-0.25, -0.2) is 0 Å². The third-order valence-corrected chi connectivity index (χ3v) is 6.90. The van der Waals surface area contributed by atoms with Crippen LogP contribution in [0.1, 0.15) is 56.1 Å². The van der Waals surface area contributed by atoms with E-state index in [0.29, 0.717) is 6.04 Å². The molecule has 5 nitrogen and oxygen atoms in total. The summed E-state index contributed by atoms with van der Waals surface area (Å²) < 4.78 is 0. The number of fused-ring (bicyclic) bond motifs is 1. The Morgan fingerprint density at radius 3 is 2.53 bits per heavy atom. The predicted octanol–water partition coefficient (Wildman–Crippen LogP) is 3.77. The number of quaternary nitrogens is 1. The van der Waals surface area contributed by atoms with Crippen LogP contribution < -0.4 is 15.5 Å². The molecule has 0 saturated heterocycles. The van der Waals surface area contributed by atoms with Gasteiger partial charge in [-0.1, -0.05) is 49.6 Å². The van der Waals surface area contributed by atoms with Crippen LogP contribution in [0.3, 0.4) is 0 Å². The molecule has 0 bridgehead atoms. The van der Waals surface area contributed by atoms with Crippen LogP contribution in [0.2, 0.25) is 0 Å². The number of nitrogens with two attached hydrogens (primary N) is 1. The Morgan fingerprint density at radius 1 is 1.09 bits per heavy atom. The highest BCUT2D eigenvalue weighted by molar-refractivity contribution is 5.84. The van der Waals surface area contributed by atoms with E-state index in [2.05, 4.69) is 89.3 Å². The Morgan fingerprint density at radius 2 is 1.81 bits per heavy atom. The van der Waals surface area contributed by atoms with Crippen molar-refractivity contribution in [3.63, 3.8) is 0 Å². The van der Waals surface area contributed by atoms with Gasteiger partial charge in [0.2, 0.25) is 0 Å². The maximum atomic E-state index is 12.8. The number of carbonyl (C=O) groups is 1. The zero-order valence-electron chi connectivity index (χ0n) is 19.6. The highest BCUT2D eigenvalue weighted by Crippen LogP contribution is 2.31. The van der Waals surface area contributed by atoms with Crippen molar-refractivity contribution in [3.8, 4) is 0 Å². The van der Waals surface area contributed by atoms with E-state index in [0.717, 1.165) is 24.9 Å². The Balaban J connectivity index is 1.52. The summed E-state index contributed by atoms with van der Waals surface area (Å²) in [5, 5.41) is 6.74. The fourth-order valence-corrected chi connectivity index (χ4v) is 4.86. The second kappa shape index (κ2) is 10.2. The van der Waals surface area contributed by atoms with Crippen LogP contribution in [0, 0.1) is 0 Å². The molecule has 0 unspecified atom stereocenters. The highest BCUT2D eigenvalue weighted by atomic mass is 16.2. The summed E-state index contributed by atoms with van der Waals surface area (Å²) in [6, 6.07) is 17.5. The normalized spacial score (nSPS) is 16.6. The van der Waals surface area contributed by atoms with Crippen molar-refractivity contribution in [2.24, 2.45) is 0 Å². The minimum absolute atomic E-state index is 0.106. The van der Waals surface area contributed by atoms with E-state index in [-0.39, 0.29) is 17.9 Å². The number of rotatable bonds is 8. The lowest BCUT2D eigenvalue weighted by Gasteiger charge is -2.24. The van der Waals surface area contributed by atoms with Gasteiger partial charge < -0.3 is 20.5 Å². The fourth-order valence-electron chi connectivity index (χ4n) is 4.86. The molecule has 2 aromatic carbocycles. The summed E-state index contributed by atoms with van der Waals surface area (Å²) in [6.45, 7) is 2.85. The van der Waals surface area contributed by atoms with E-state index in [4.69, 9.17) is 0 Å². The lowest BCUT2D eigenvalue weighted by molar-refractivity contribution is -0.674. The number of benzene rings is 2. The molecule has 5 heteroatoms. The molecule has 4 rings (SSSR count). The number of anilines is 1.